The lowest BCUT2D eigenvalue weighted by Crippen LogP contribution is -2.07. The Bertz CT molecular complexity index is 649. The molecule has 0 aliphatic heterocycles. The van der Waals surface area contributed by atoms with Crippen molar-refractivity contribution in [3.05, 3.63) is 51.0 Å². The third-order valence-electron chi connectivity index (χ3n) is 3.17. The summed E-state index contributed by atoms with van der Waals surface area (Å²) in [7, 11) is 1.80. The minimum absolute atomic E-state index is 0.0469. The average Bonchev–Trinajstić information content (AvgIpc) is 2.59. The van der Waals surface area contributed by atoms with Gasteiger partial charge in [0.05, 0.1) is 15.7 Å². The molecule has 0 amide bonds. The molecule has 3 nitrogen and oxygen atoms in total. The monoisotopic (exact) mass is 324 g/mol. The zero-order valence-electron chi connectivity index (χ0n) is 11.0. The van der Waals surface area contributed by atoms with Crippen LogP contribution in [-0.2, 0) is 13.5 Å². The number of hydrogen-bond acceptors (Lipinski definition) is 2. The quantitative estimate of drug-likeness (QED) is 0.811. The molecule has 0 fully saturated rings. The Morgan fingerprint density at radius 3 is 2.68 bits per heavy atom. The van der Waals surface area contributed by atoms with Crippen LogP contribution in [0.1, 0.15) is 27.3 Å². The molecule has 5 heteroatoms. The SMILES string of the molecule is Cc1nn(C)c(C)c1C(=O)Cc1cccc(F)c1Br. The maximum Gasteiger partial charge on any atom is 0.170 e. The lowest BCUT2D eigenvalue weighted by molar-refractivity contribution is 0.0991. The molecule has 2 rings (SSSR count). The first-order valence-corrected chi connectivity index (χ1v) is 6.67. The molecule has 1 heterocycles. The molecule has 0 N–H and O–H groups in total. The summed E-state index contributed by atoms with van der Waals surface area (Å²) < 4.78 is 15.5. The fourth-order valence-electron chi connectivity index (χ4n) is 2.12. The number of carbonyl (C=O) groups excluding carboxylic acids is 1. The van der Waals surface area contributed by atoms with E-state index in [0.29, 0.717) is 21.3 Å². The van der Waals surface area contributed by atoms with Crippen molar-refractivity contribution in [2.45, 2.75) is 20.3 Å². The predicted molar refractivity (Wildman–Crippen MR) is 74.8 cm³/mol. The van der Waals surface area contributed by atoms with Crippen LogP contribution in [-0.4, -0.2) is 15.6 Å². The largest absolute Gasteiger partial charge is 0.294 e. The molecule has 100 valence electrons. The van der Waals surface area contributed by atoms with Crippen LogP contribution in [0.3, 0.4) is 0 Å². The summed E-state index contributed by atoms with van der Waals surface area (Å²) in [6.07, 6.45) is 0.158. The molecule has 0 saturated heterocycles. The molecule has 19 heavy (non-hydrogen) atoms. The van der Waals surface area contributed by atoms with Gasteiger partial charge in [0.15, 0.2) is 5.78 Å². The third-order valence-corrected chi connectivity index (χ3v) is 4.06. The summed E-state index contributed by atoms with van der Waals surface area (Å²) in [5, 5.41) is 4.22. The Balaban J connectivity index is 2.34. The van der Waals surface area contributed by atoms with Crippen LogP contribution in [0.15, 0.2) is 22.7 Å². The summed E-state index contributed by atoms with van der Waals surface area (Å²) in [5.74, 6) is -0.403. The standard InChI is InChI=1S/C14H14BrFN2O/c1-8-13(9(2)18(3)17-8)12(19)7-10-5-4-6-11(16)14(10)15/h4-6H,7H2,1-3H3. The lowest BCUT2D eigenvalue weighted by Gasteiger charge is -2.05. The van der Waals surface area contributed by atoms with E-state index in [9.17, 15) is 9.18 Å². The number of ketones is 1. The minimum Gasteiger partial charge on any atom is -0.294 e. The zero-order chi connectivity index (χ0) is 14.2. The third kappa shape index (κ3) is 2.61. The van der Waals surface area contributed by atoms with Gasteiger partial charge in [-0.15, -0.1) is 0 Å². The van der Waals surface area contributed by atoms with E-state index < -0.39 is 0 Å². The molecule has 1 aromatic carbocycles. The van der Waals surface area contributed by atoms with Crippen molar-refractivity contribution in [1.82, 2.24) is 9.78 Å². The number of halogens is 2. The van der Waals surface area contributed by atoms with Crippen molar-refractivity contribution >= 4 is 21.7 Å². The Morgan fingerprint density at radius 1 is 1.42 bits per heavy atom. The van der Waals surface area contributed by atoms with E-state index in [1.165, 1.54) is 6.07 Å². The Labute approximate surface area is 119 Å². The van der Waals surface area contributed by atoms with Gasteiger partial charge in [0.25, 0.3) is 0 Å². The van der Waals surface area contributed by atoms with E-state index in [1.54, 1.807) is 30.8 Å². The number of Topliss-reactive ketones (excluding diaryl/α,β-unsaturated/α-hetero) is 1. The van der Waals surface area contributed by atoms with Gasteiger partial charge in [-0.3, -0.25) is 9.48 Å². The molecule has 0 aliphatic carbocycles. The molecule has 2 aromatic rings. The summed E-state index contributed by atoms with van der Waals surface area (Å²) in [6, 6.07) is 4.70. The topological polar surface area (TPSA) is 34.9 Å². The van der Waals surface area contributed by atoms with E-state index in [2.05, 4.69) is 21.0 Å². The van der Waals surface area contributed by atoms with Crippen LogP contribution in [0, 0.1) is 19.7 Å². The van der Waals surface area contributed by atoms with Gasteiger partial charge in [-0.25, -0.2) is 4.39 Å². The van der Waals surface area contributed by atoms with Gasteiger partial charge < -0.3 is 0 Å². The molecule has 0 saturated carbocycles. The van der Waals surface area contributed by atoms with E-state index in [-0.39, 0.29) is 18.0 Å². The number of benzene rings is 1. The van der Waals surface area contributed by atoms with Gasteiger partial charge in [0, 0.05) is 19.2 Å². The van der Waals surface area contributed by atoms with Gasteiger partial charge in [0.2, 0.25) is 0 Å². The summed E-state index contributed by atoms with van der Waals surface area (Å²) in [4.78, 5) is 12.3. The minimum atomic E-state index is -0.357. The molecule has 0 aliphatic rings. The van der Waals surface area contributed by atoms with E-state index in [1.807, 2.05) is 6.92 Å². The second kappa shape index (κ2) is 5.25. The summed E-state index contributed by atoms with van der Waals surface area (Å²) in [5.41, 5.74) is 2.80. The molecular formula is C14H14BrFN2O. The highest BCUT2D eigenvalue weighted by molar-refractivity contribution is 9.10. The number of hydrogen-bond donors (Lipinski definition) is 0. The van der Waals surface area contributed by atoms with Gasteiger partial charge >= 0.3 is 0 Å². The van der Waals surface area contributed by atoms with Crippen LogP contribution in [0.2, 0.25) is 0 Å². The molecule has 0 radical (unpaired) electrons. The second-order valence-corrected chi connectivity index (χ2v) is 5.28. The molecule has 0 spiro atoms. The van der Waals surface area contributed by atoms with Crippen LogP contribution in [0.25, 0.3) is 0 Å². The highest BCUT2D eigenvalue weighted by atomic mass is 79.9. The van der Waals surface area contributed by atoms with Crippen molar-refractivity contribution in [3.8, 4) is 0 Å². The smallest absolute Gasteiger partial charge is 0.170 e. The molecule has 0 unspecified atom stereocenters. The van der Waals surface area contributed by atoms with Crippen molar-refractivity contribution < 1.29 is 9.18 Å². The van der Waals surface area contributed by atoms with Crippen molar-refractivity contribution in [2.24, 2.45) is 7.05 Å². The first kappa shape index (κ1) is 13.9. The van der Waals surface area contributed by atoms with Crippen LogP contribution >= 0.6 is 15.9 Å². The van der Waals surface area contributed by atoms with Gasteiger partial charge in [-0.2, -0.15) is 5.10 Å². The molecule has 1 aromatic heterocycles. The lowest BCUT2D eigenvalue weighted by atomic mass is 10.0. The maximum atomic E-state index is 13.4. The molecule has 0 atom stereocenters. The number of rotatable bonds is 3. The summed E-state index contributed by atoms with van der Waals surface area (Å²) in [6.45, 7) is 3.66. The number of carbonyl (C=O) groups is 1. The normalized spacial score (nSPS) is 10.8. The van der Waals surface area contributed by atoms with Crippen LogP contribution < -0.4 is 0 Å². The highest BCUT2D eigenvalue weighted by Crippen LogP contribution is 2.23. The number of nitrogens with zero attached hydrogens (tertiary/aromatic N) is 2. The maximum absolute atomic E-state index is 13.4. The van der Waals surface area contributed by atoms with Crippen LogP contribution in [0.5, 0.6) is 0 Å². The van der Waals surface area contributed by atoms with Crippen molar-refractivity contribution in [2.75, 3.05) is 0 Å². The first-order valence-electron chi connectivity index (χ1n) is 5.88. The Hall–Kier alpha value is -1.49. The van der Waals surface area contributed by atoms with Crippen molar-refractivity contribution in [1.29, 1.82) is 0 Å². The zero-order valence-corrected chi connectivity index (χ0v) is 12.6. The fraction of sp³-hybridized carbons (Fsp3) is 0.286. The van der Waals surface area contributed by atoms with Gasteiger partial charge in [-0.05, 0) is 41.4 Å². The Morgan fingerprint density at radius 2 is 2.11 bits per heavy atom. The predicted octanol–water partition coefficient (Wildman–Crippen LogP) is 3.36. The second-order valence-electron chi connectivity index (χ2n) is 4.48. The van der Waals surface area contributed by atoms with E-state index in [4.69, 9.17) is 0 Å². The molecular weight excluding hydrogens is 311 g/mol. The fourth-order valence-corrected chi connectivity index (χ4v) is 2.53. The van der Waals surface area contributed by atoms with E-state index in [0.717, 1.165) is 5.69 Å². The van der Waals surface area contributed by atoms with Crippen LogP contribution in [0.4, 0.5) is 4.39 Å². The average molecular weight is 325 g/mol. The van der Waals surface area contributed by atoms with Gasteiger partial charge in [-0.1, -0.05) is 12.1 Å². The first-order chi connectivity index (χ1) is 8.91. The van der Waals surface area contributed by atoms with Gasteiger partial charge in [0.1, 0.15) is 5.82 Å². The number of aromatic nitrogens is 2. The Kier molecular flexibility index (Phi) is 3.85. The summed E-state index contributed by atoms with van der Waals surface area (Å²) >= 11 is 3.18. The highest BCUT2D eigenvalue weighted by Gasteiger charge is 2.19. The van der Waals surface area contributed by atoms with Crippen molar-refractivity contribution in [3.63, 3.8) is 0 Å². The van der Waals surface area contributed by atoms with E-state index >= 15 is 0 Å². The molecule has 0 bridgehead atoms. The number of aryl methyl sites for hydroxylation is 2.